The van der Waals surface area contributed by atoms with E-state index in [2.05, 4.69) is 26.5 Å². The molecule has 148 valence electrons. The van der Waals surface area contributed by atoms with Gasteiger partial charge in [0.05, 0.1) is 10.7 Å². The minimum absolute atomic E-state index is 0.213. The van der Waals surface area contributed by atoms with Crippen LogP contribution in [0.3, 0.4) is 0 Å². The van der Waals surface area contributed by atoms with Gasteiger partial charge in [-0.3, -0.25) is 9.69 Å². The van der Waals surface area contributed by atoms with E-state index in [1.54, 1.807) is 0 Å². The molecule has 1 aliphatic rings. The van der Waals surface area contributed by atoms with Gasteiger partial charge >= 0.3 is 0 Å². The summed E-state index contributed by atoms with van der Waals surface area (Å²) in [6.45, 7) is 5.92. The lowest BCUT2D eigenvalue weighted by Crippen LogP contribution is -2.46. The summed E-state index contributed by atoms with van der Waals surface area (Å²) in [5.74, 6) is -0.213. The molecule has 2 N–H and O–H groups in total. The Balaban J connectivity index is 1.57. The van der Waals surface area contributed by atoms with Crippen LogP contribution in [0.2, 0.25) is 10.0 Å². The number of amides is 1. The SMILES string of the molecule is CC(=O)NC(=S)Nc1ccc(N2CCN(Cc3ccccc3Cl)CC2)c(Cl)c1. The standard InChI is InChI=1S/C20H22Cl2N4OS/c1-14(27)23-20(28)24-16-6-7-19(18(22)12-16)26-10-8-25(9-11-26)13-15-4-2-3-5-17(15)21/h2-7,12H,8-11,13H2,1H3,(H2,23,24,27,28). The second kappa shape index (κ2) is 9.56. The molecule has 1 amide bonds. The number of hydrogen-bond acceptors (Lipinski definition) is 4. The maximum Gasteiger partial charge on any atom is 0.222 e. The molecule has 0 saturated carbocycles. The monoisotopic (exact) mass is 436 g/mol. The van der Waals surface area contributed by atoms with Gasteiger partial charge in [-0.15, -0.1) is 0 Å². The van der Waals surface area contributed by atoms with Crippen LogP contribution in [-0.4, -0.2) is 42.1 Å². The summed E-state index contributed by atoms with van der Waals surface area (Å²) in [4.78, 5) is 15.7. The molecule has 0 spiro atoms. The highest BCUT2D eigenvalue weighted by atomic mass is 35.5. The number of thiocarbonyl (C=S) groups is 1. The van der Waals surface area contributed by atoms with Gasteiger partial charge in [0, 0.05) is 50.4 Å². The van der Waals surface area contributed by atoms with Crippen LogP contribution in [0.5, 0.6) is 0 Å². The van der Waals surface area contributed by atoms with Gasteiger partial charge in [-0.05, 0) is 42.0 Å². The average Bonchev–Trinajstić information content (AvgIpc) is 2.64. The van der Waals surface area contributed by atoms with E-state index in [1.807, 2.05) is 36.4 Å². The third-order valence-electron chi connectivity index (χ3n) is 4.56. The third-order valence-corrected chi connectivity index (χ3v) is 5.44. The fraction of sp³-hybridized carbons (Fsp3) is 0.300. The smallest absolute Gasteiger partial charge is 0.222 e. The zero-order chi connectivity index (χ0) is 20.1. The molecule has 5 nitrogen and oxygen atoms in total. The van der Waals surface area contributed by atoms with E-state index in [4.69, 9.17) is 35.4 Å². The highest BCUT2D eigenvalue weighted by molar-refractivity contribution is 7.80. The number of carbonyl (C=O) groups excluding carboxylic acids is 1. The van der Waals surface area contributed by atoms with Crippen LogP contribution >= 0.6 is 35.4 Å². The fourth-order valence-corrected chi connectivity index (χ4v) is 3.93. The summed E-state index contributed by atoms with van der Waals surface area (Å²) in [6.07, 6.45) is 0. The van der Waals surface area contributed by atoms with Crippen molar-refractivity contribution in [1.82, 2.24) is 10.2 Å². The molecular formula is C20H22Cl2N4OS. The first-order valence-electron chi connectivity index (χ1n) is 9.01. The van der Waals surface area contributed by atoms with E-state index in [1.165, 1.54) is 6.92 Å². The minimum atomic E-state index is -0.213. The first-order valence-corrected chi connectivity index (χ1v) is 10.2. The van der Waals surface area contributed by atoms with Crippen molar-refractivity contribution in [3.63, 3.8) is 0 Å². The number of rotatable bonds is 4. The number of anilines is 2. The van der Waals surface area contributed by atoms with Gasteiger partial charge in [-0.1, -0.05) is 41.4 Å². The van der Waals surface area contributed by atoms with Gasteiger partial charge in [0.25, 0.3) is 0 Å². The minimum Gasteiger partial charge on any atom is -0.368 e. The lowest BCUT2D eigenvalue weighted by molar-refractivity contribution is -0.117. The van der Waals surface area contributed by atoms with Crippen molar-refractivity contribution in [1.29, 1.82) is 0 Å². The Morgan fingerprint density at radius 2 is 1.79 bits per heavy atom. The molecule has 1 saturated heterocycles. The van der Waals surface area contributed by atoms with E-state index >= 15 is 0 Å². The van der Waals surface area contributed by atoms with Crippen LogP contribution in [0.4, 0.5) is 11.4 Å². The molecule has 1 fully saturated rings. The first kappa shape index (κ1) is 20.9. The summed E-state index contributed by atoms with van der Waals surface area (Å²) in [7, 11) is 0. The van der Waals surface area contributed by atoms with Crippen molar-refractivity contribution < 1.29 is 4.79 Å². The normalized spacial score (nSPS) is 14.6. The number of piperazine rings is 1. The van der Waals surface area contributed by atoms with E-state index in [-0.39, 0.29) is 11.0 Å². The molecule has 0 atom stereocenters. The number of nitrogens with zero attached hydrogens (tertiary/aromatic N) is 2. The maximum absolute atomic E-state index is 11.0. The Bertz CT molecular complexity index is 869. The number of nitrogens with one attached hydrogen (secondary N) is 2. The summed E-state index contributed by atoms with van der Waals surface area (Å²) >= 11 is 17.8. The van der Waals surface area contributed by atoms with Crippen molar-refractivity contribution >= 4 is 57.8 Å². The number of benzene rings is 2. The number of carbonyl (C=O) groups is 1. The predicted molar refractivity (Wildman–Crippen MR) is 120 cm³/mol. The molecule has 2 aromatic rings. The second-order valence-electron chi connectivity index (χ2n) is 6.66. The van der Waals surface area contributed by atoms with Gasteiger partial charge in [0.1, 0.15) is 0 Å². The van der Waals surface area contributed by atoms with Crippen molar-refractivity contribution in [3.8, 4) is 0 Å². The van der Waals surface area contributed by atoms with Crippen LogP contribution in [0.1, 0.15) is 12.5 Å². The van der Waals surface area contributed by atoms with E-state index in [9.17, 15) is 4.79 Å². The quantitative estimate of drug-likeness (QED) is 0.704. The molecule has 0 bridgehead atoms. The molecule has 0 aromatic heterocycles. The zero-order valence-electron chi connectivity index (χ0n) is 15.5. The highest BCUT2D eigenvalue weighted by Gasteiger charge is 2.20. The predicted octanol–water partition coefficient (Wildman–Crippen LogP) is 4.15. The van der Waals surface area contributed by atoms with Crippen molar-refractivity contribution in [2.75, 3.05) is 36.4 Å². The Labute approximate surface area is 180 Å². The summed E-state index contributed by atoms with van der Waals surface area (Å²) in [5.41, 5.74) is 2.89. The van der Waals surface area contributed by atoms with Crippen molar-refractivity contribution in [2.45, 2.75) is 13.5 Å². The van der Waals surface area contributed by atoms with Crippen LogP contribution < -0.4 is 15.5 Å². The molecular weight excluding hydrogens is 415 g/mol. The molecule has 0 aliphatic carbocycles. The molecule has 0 radical (unpaired) electrons. The number of halogens is 2. The Morgan fingerprint density at radius 1 is 1.07 bits per heavy atom. The second-order valence-corrected chi connectivity index (χ2v) is 7.88. The summed E-state index contributed by atoms with van der Waals surface area (Å²) in [5, 5.41) is 7.21. The maximum atomic E-state index is 11.0. The van der Waals surface area contributed by atoms with Crippen LogP contribution in [0.15, 0.2) is 42.5 Å². The van der Waals surface area contributed by atoms with E-state index in [0.717, 1.165) is 54.7 Å². The van der Waals surface area contributed by atoms with Gasteiger partial charge in [-0.2, -0.15) is 0 Å². The highest BCUT2D eigenvalue weighted by Crippen LogP contribution is 2.30. The average molecular weight is 437 g/mol. The zero-order valence-corrected chi connectivity index (χ0v) is 17.9. The van der Waals surface area contributed by atoms with Crippen molar-refractivity contribution in [2.24, 2.45) is 0 Å². The van der Waals surface area contributed by atoms with E-state index in [0.29, 0.717) is 5.02 Å². The third kappa shape index (κ3) is 5.58. The van der Waals surface area contributed by atoms with Crippen LogP contribution in [0.25, 0.3) is 0 Å². The van der Waals surface area contributed by atoms with Gasteiger partial charge in [-0.25, -0.2) is 0 Å². The molecule has 1 aliphatic heterocycles. The summed E-state index contributed by atoms with van der Waals surface area (Å²) in [6, 6.07) is 13.7. The summed E-state index contributed by atoms with van der Waals surface area (Å²) < 4.78 is 0. The lowest BCUT2D eigenvalue weighted by Gasteiger charge is -2.36. The largest absolute Gasteiger partial charge is 0.368 e. The Kier molecular flexibility index (Phi) is 7.13. The Hall–Kier alpha value is -1.86. The molecule has 1 heterocycles. The van der Waals surface area contributed by atoms with Gasteiger partial charge in [0.2, 0.25) is 5.91 Å². The molecule has 28 heavy (non-hydrogen) atoms. The van der Waals surface area contributed by atoms with Crippen LogP contribution in [0, 0.1) is 0 Å². The van der Waals surface area contributed by atoms with E-state index < -0.39 is 0 Å². The molecule has 0 unspecified atom stereocenters. The number of hydrogen-bond donors (Lipinski definition) is 2. The fourth-order valence-electron chi connectivity index (χ4n) is 3.18. The van der Waals surface area contributed by atoms with Gasteiger partial charge < -0.3 is 15.5 Å². The topological polar surface area (TPSA) is 47.6 Å². The molecule has 8 heteroatoms. The molecule has 3 rings (SSSR count). The lowest BCUT2D eigenvalue weighted by atomic mass is 10.2. The van der Waals surface area contributed by atoms with Crippen molar-refractivity contribution in [3.05, 3.63) is 58.1 Å². The first-order chi connectivity index (χ1) is 13.4. The molecule has 2 aromatic carbocycles. The van der Waals surface area contributed by atoms with Gasteiger partial charge in [0.15, 0.2) is 5.11 Å². The Morgan fingerprint density at radius 3 is 2.43 bits per heavy atom. The van der Waals surface area contributed by atoms with Crippen LogP contribution in [-0.2, 0) is 11.3 Å².